The van der Waals surface area contributed by atoms with Crippen LogP contribution in [0.2, 0.25) is 0 Å². The summed E-state index contributed by atoms with van der Waals surface area (Å²) in [5.74, 6) is 0.753. The number of thiophene rings is 1. The molecule has 2 heterocycles. The third-order valence-electron chi connectivity index (χ3n) is 5.43. The summed E-state index contributed by atoms with van der Waals surface area (Å²) in [7, 11) is 0. The van der Waals surface area contributed by atoms with Gasteiger partial charge in [0.05, 0.1) is 11.9 Å². The van der Waals surface area contributed by atoms with Gasteiger partial charge in [0.15, 0.2) is 0 Å². The number of fused-ring (bicyclic) bond motifs is 1. The molecule has 1 fully saturated rings. The van der Waals surface area contributed by atoms with E-state index in [0.717, 1.165) is 27.6 Å². The van der Waals surface area contributed by atoms with Gasteiger partial charge in [0.1, 0.15) is 10.7 Å². The highest BCUT2D eigenvalue weighted by atomic mass is 32.1. The van der Waals surface area contributed by atoms with E-state index in [4.69, 9.17) is 4.98 Å². The lowest BCUT2D eigenvalue weighted by Crippen LogP contribution is -2.27. The fourth-order valence-corrected chi connectivity index (χ4v) is 4.73. The summed E-state index contributed by atoms with van der Waals surface area (Å²) in [6.07, 6.45) is 2.44. The Balaban J connectivity index is 1.43. The van der Waals surface area contributed by atoms with E-state index >= 15 is 0 Å². The Kier molecular flexibility index (Phi) is 4.78. The van der Waals surface area contributed by atoms with Gasteiger partial charge in [0.2, 0.25) is 0 Å². The lowest BCUT2D eigenvalue weighted by molar-refractivity contribution is 0.239. The van der Waals surface area contributed by atoms with Crippen LogP contribution >= 0.6 is 11.3 Å². The first-order chi connectivity index (χ1) is 14.2. The van der Waals surface area contributed by atoms with Crippen molar-refractivity contribution < 1.29 is 0 Å². The third-order valence-corrected chi connectivity index (χ3v) is 6.51. The molecule has 2 aromatic heterocycles. The van der Waals surface area contributed by atoms with Crippen molar-refractivity contribution in [1.82, 2.24) is 14.9 Å². The number of rotatable bonds is 6. The van der Waals surface area contributed by atoms with E-state index in [1.54, 1.807) is 11.3 Å². The molecule has 5 rings (SSSR count). The van der Waals surface area contributed by atoms with Crippen molar-refractivity contribution in [2.75, 3.05) is 0 Å². The van der Waals surface area contributed by atoms with Crippen LogP contribution in [0.4, 0.5) is 0 Å². The average molecular weight is 402 g/mol. The normalized spacial score (nSPS) is 14.0. The Morgan fingerprint density at radius 3 is 2.55 bits per heavy atom. The van der Waals surface area contributed by atoms with Crippen molar-refractivity contribution in [1.29, 1.82) is 0 Å². The van der Waals surface area contributed by atoms with E-state index < -0.39 is 0 Å². The molecule has 0 amide bonds. The van der Waals surface area contributed by atoms with Gasteiger partial charge >= 0.3 is 0 Å². The number of benzene rings is 2. The molecule has 1 aliphatic carbocycles. The van der Waals surface area contributed by atoms with Gasteiger partial charge in [-0.1, -0.05) is 60.2 Å². The number of nitrogens with one attached hydrogen (secondary N) is 1. The van der Waals surface area contributed by atoms with E-state index in [1.807, 2.05) is 24.3 Å². The standard InChI is InChI=1S/C24H23N3OS/c1-16-7-9-17(10-8-16)14-27(19-11-12-19)15-22-25-23(28)20-13-21(29-24(20)26-22)18-5-3-2-4-6-18/h2-10,13,19H,11-12,14-15H2,1H3,(H,25,26,28). The molecule has 146 valence electrons. The third kappa shape index (κ3) is 4.02. The second kappa shape index (κ2) is 7.58. The molecule has 4 aromatic rings. The maximum Gasteiger partial charge on any atom is 0.259 e. The van der Waals surface area contributed by atoms with Crippen molar-refractivity contribution in [3.05, 3.63) is 88.0 Å². The number of aromatic amines is 1. The molecule has 1 aliphatic rings. The van der Waals surface area contributed by atoms with Gasteiger partial charge in [-0.05, 0) is 37.0 Å². The second-order valence-corrected chi connectivity index (χ2v) is 8.86. The number of aryl methyl sites for hydroxylation is 1. The minimum absolute atomic E-state index is 0.0467. The van der Waals surface area contributed by atoms with Gasteiger partial charge in [-0.15, -0.1) is 11.3 Å². The Morgan fingerprint density at radius 1 is 1.07 bits per heavy atom. The van der Waals surface area contributed by atoms with Crippen LogP contribution in [0.1, 0.15) is 29.8 Å². The summed E-state index contributed by atoms with van der Waals surface area (Å²) in [6.45, 7) is 3.66. The van der Waals surface area contributed by atoms with Crippen LogP contribution < -0.4 is 5.56 Å². The van der Waals surface area contributed by atoms with Gasteiger partial charge < -0.3 is 4.98 Å². The van der Waals surface area contributed by atoms with E-state index in [1.165, 1.54) is 24.0 Å². The topological polar surface area (TPSA) is 49.0 Å². The summed E-state index contributed by atoms with van der Waals surface area (Å²) >= 11 is 1.59. The highest BCUT2D eigenvalue weighted by Crippen LogP contribution is 2.32. The van der Waals surface area contributed by atoms with Crippen molar-refractivity contribution in [2.45, 2.75) is 38.9 Å². The number of hydrogen-bond acceptors (Lipinski definition) is 4. The molecule has 0 spiro atoms. The number of nitrogens with zero attached hydrogens (tertiary/aromatic N) is 2. The molecule has 0 bridgehead atoms. The van der Waals surface area contributed by atoms with Gasteiger partial charge in [-0.3, -0.25) is 9.69 Å². The molecule has 0 atom stereocenters. The predicted molar refractivity (Wildman–Crippen MR) is 119 cm³/mol. The fourth-order valence-electron chi connectivity index (χ4n) is 3.67. The lowest BCUT2D eigenvalue weighted by atomic mass is 10.1. The summed E-state index contributed by atoms with van der Waals surface area (Å²) in [6, 6.07) is 21.4. The van der Waals surface area contributed by atoms with E-state index in [-0.39, 0.29) is 5.56 Å². The minimum atomic E-state index is -0.0467. The van der Waals surface area contributed by atoms with Gasteiger partial charge in [-0.25, -0.2) is 4.98 Å². The zero-order valence-corrected chi connectivity index (χ0v) is 17.2. The van der Waals surface area contributed by atoms with Crippen LogP contribution in [0.15, 0.2) is 65.5 Å². The number of hydrogen-bond donors (Lipinski definition) is 1. The highest BCUT2D eigenvalue weighted by Gasteiger charge is 2.29. The molecule has 29 heavy (non-hydrogen) atoms. The quantitative estimate of drug-likeness (QED) is 0.488. The molecule has 5 heteroatoms. The number of aromatic nitrogens is 2. The first kappa shape index (κ1) is 18.3. The van der Waals surface area contributed by atoms with Crippen LogP contribution in [-0.4, -0.2) is 20.9 Å². The summed E-state index contributed by atoms with van der Waals surface area (Å²) < 4.78 is 0. The molecule has 2 aromatic carbocycles. The maximum atomic E-state index is 12.7. The SMILES string of the molecule is Cc1ccc(CN(Cc2nc3sc(-c4ccccc4)cc3c(=O)[nH]2)C2CC2)cc1. The highest BCUT2D eigenvalue weighted by molar-refractivity contribution is 7.21. The Bertz CT molecular complexity index is 1190. The van der Waals surface area contributed by atoms with Crippen LogP contribution in [0.25, 0.3) is 20.7 Å². The minimum Gasteiger partial charge on any atom is -0.309 e. The Hall–Kier alpha value is -2.76. The molecule has 4 nitrogen and oxygen atoms in total. The van der Waals surface area contributed by atoms with Crippen molar-refractivity contribution in [3.63, 3.8) is 0 Å². The molecular weight excluding hydrogens is 378 g/mol. The molecule has 0 unspecified atom stereocenters. The van der Waals surface area contributed by atoms with Crippen molar-refractivity contribution in [3.8, 4) is 10.4 Å². The van der Waals surface area contributed by atoms with Crippen LogP contribution in [-0.2, 0) is 13.1 Å². The second-order valence-electron chi connectivity index (χ2n) is 7.83. The van der Waals surface area contributed by atoms with Crippen molar-refractivity contribution in [2.24, 2.45) is 0 Å². The first-order valence-corrected chi connectivity index (χ1v) is 10.8. The Labute approximate surface area is 173 Å². The summed E-state index contributed by atoms with van der Waals surface area (Å²) in [4.78, 5) is 24.9. The van der Waals surface area contributed by atoms with Crippen LogP contribution in [0.5, 0.6) is 0 Å². The van der Waals surface area contributed by atoms with Gasteiger partial charge in [0.25, 0.3) is 5.56 Å². The fraction of sp³-hybridized carbons (Fsp3) is 0.250. The average Bonchev–Trinajstić information content (AvgIpc) is 3.49. The van der Waals surface area contributed by atoms with E-state index in [0.29, 0.717) is 18.0 Å². The zero-order valence-electron chi connectivity index (χ0n) is 16.4. The van der Waals surface area contributed by atoms with Gasteiger partial charge in [0, 0.05) is 17.5 Å². The molecular formula is C24H23N3OS. The van der Waals surface area contributed by atoms with Crippen LogP contribution in [0.3, 0.4) is 0 Å². The van der Waals surface area contributed by atoms with Crippen molar-refractivity contribution >= 4 is 21.6 Å². The van der Waals surface area contributed by atoms with E-state index in [2.05, 4.69) is 53.2 Å². The molecule has 1 saturated carbocycles. The number of H-pyrrole nitrogens is 1. The molecule has 0 saturated heterocycles. The maximum absolute atomic E-state index is 12.7. The molecule has 0 aliphatic heterocycles. The predicted octanol–water partition coefficient (Wildman–Crippen LogP) is 5.12. The summed E-state index contributed by atoms with van der Waals surface area (Å²) in [5, 5.41) is 0.675. The lowest BCUT2D eigenvalue weighted by Gasteiger charge is -2.21. The molecule has 0 radical (unpaired) electrons. The molecule has 1 N–H and O–H groups in total. The largest absolute Gasteiger partial charge is 0.309 e. The first-order valence-electron chi connectivity index (χ1n) is 10.0. The monoisotopic (exact) mass is 401 g/mol. The smallest absolute Gasteiger partial charge is 0.259 e. The summed E-state index contributed by atoms with van der Waals surface area (Å²) in [5.41, 5.74) is 3.65. The van der Waals surface area contributed by atoms with Gasteiger partial charge in [-0.2, -0.15) is 0 Å². The van der Waals surface area contributed by atoms with Crippen LogP contribution in [0, 0.1) is 6.92 Å². The Morgan fingerprint density at radius 2 is 1.83 bits per heavy atom. The van der Waals surface area contributed by atoms with E-state index in [9.17, 15) is 4.79 Å². The zero-order chi connectivity index (χ0) is 19.8.